The normalized spacial score (nSPS) is 10.7. The molecule has 6 heteroatoms. The molecule has 0 saturated carbocycles. The molecule has 0 atom stereocenters. The van der Waals surface area contributed by atoms with Crippen LogP contribution in [-0.4, -0.2) is 37.7 Å². The summed E-state index contributed by atoms with van der Waals surface area (Å²) >= 11 is 1.54. The third-order valence-corrected chi connectivity index (χ3v) is 3.26. The summed E-state index contributed by atoms with van der Waals surface area (Å²) < 4.78 is 1.71. The molecule has 0 radical (unpaired) electrons. The Morgan fingerprint density at radius 2 is 2.06 bits per heavy atom. The van der Waals surface area contributed by atoms with Crippen molar-refractivity contribution in [2.24, 2.45) is 0 Å². The summed E-state index contributed by atoms with van der Waals surface area (Å²) in [6.07, 6.45) is 0.741. The van der Waals surface area contributed by atoms with E-state index in [-0.39, 0.29) is 6.61 Å². The highest BCUT2D eigenvalue weighted by Gasteiger charge is 2.07. The Morgan fingerprint density at radius 1 is 1.29 bits per heavy atom. The first-order valence-electron chi connectivity index (χ1n) is 5.40. The van der Waals surface area contributed by atoms with Gasteiger partial charge in [-0.05, 0) is 35.9 Å². The van der Waals surface area contributed by atoms with Crippen molar-refractivity contribution in [3.8, 4) is 5.69 Å². The van der Waals surface area contributed by atoms with Crippen LogP contribution in [0.15, 0.2) is 29.4 Å². The summed E-state index contributed by atoms with van der Waals surface area (Å²) in [6, 6.07) is 8.03. The van der Waals surface area contributed by atoms with Crippen LogP contribution in [0.25, 0.3) is 5.69 Å². The Bertz CT molecular complexity index is 469. The SMILES string of the molecule is Cc1ccc(-n2nnnc2SCCCO)cc1. The van der Waals surface area contributed by atoms with E-state index in [1.54, 1.807) is 16.4 Å². The number of benzene rings is 1. The van der Waals surface area contributed by atoms with Crippen molar-refractivity contribution in [2.75, 3.05) is 12.4 Å². The molecule has 1 heterocycles. The van der Waals surface area contributed by atoms with E-state index in [0.29, 0.717) is 0 Å². The molecule has 5 nitrogen and oxygen atoms in total. The van der Waals surface area contributed by atoms with E-state index in [4.69, 9.17) is 5.11 Å². The highest BCUT2D eigenvalue weighted by atomic mass is 32.2. The summed E-state index contributed by atoms with van der Waals surface area (Å²) in [6.45, 7) is 2.24. The largest absolute Gasteiger partial charge is 0.396 e. The molecule has 1 aromatic heterocycles. The van der Waals surface area contributed by atoms with Crippen molar-refractivity contribution in [1.82, 2.24) is 20.2 Å². The molecule has 0 aliphatic carbocycles. The average Bonchev–Trinajstić information content (AvgIpc) is 2.79. The highest BCUT2D eigenvalue weighted by molar-refractivity contribution is 7.99. The number of hydrogen-bond donors (Lipinski definition) is 1. The van der Waals surface area contributed by atoms with Gasteiger partial charge >= 0.3 is 0 Å². The monoisotopic (exact) mass is 250 g/mol. The number of tetrazole rings is 1. The second-order valence-corrected chi connectivity index (χ2v) is 4.70. The van der Waals surface area contributed by atoms with Gasteiger partial charge in [0.05, 0.1) is 5.69 Å². The molecular formula is C11H14N4OS. The average molecular weight is 250 g/mol. The first-order chi connectivity index (χ1) is 8.31. The lowest BCUT2D eigenvalue weighted by Crippen LogP contribution is -1.99. The van der Waals surface area contributed by atoms with E-state index in [2.05, 4.69) is 15.5 Å². The second kappa shape index (κ2) is 5.79. The molecule has 90 valence electrons. The molecule has 0 aliphatic heterocycles. The van der Waals surface area contributed by atoms with Crippen molar-refractivity contribution < 1.29 is 5.11 Å². The van der Waals surface area contributed by atoms with Crippen molar-refractivity contribution in [2.45, 2.75) is 18.5 Å². The second-order valence-electron chi connectivity index (χ2n) is 3.63. The molecule has 0 aliphatic rings. The van der Waals surface area contributed by atoms with Gasteiger partial charge in [-0.25, -0.2) is 0 Å². The smallest absolute Gasteiger partial charge is 0.214 e. The predicted octanol–water partition coefficient (Wildman–Crippen LogP) is 1.45. The number of aryl methyl sites for hydroxylation is 1. The van der Waals surface area contributed by atoms with Crippen LogP contribution in [-0.2, 0) is 0 Å². The number of thioether (sulfide) groups is 1. The van der Waals surface area contributed by atoms with E-state index in [1.807, 2.05) is 31.2 Å². The van der Waals surface area contributed by atoms with Crippen molar-refractivity contribution >= 4 is 11.8 Å². The molecule has 1 aromatic carbocycles. The maximum atomic E-state index is 8.74. The van der Waals surface area contributed by atoms with Crippen molar-refractivity contribution in [3.63, 3.8) is 0 Å². The number of aliphatic hydroxyl groups is 1. The Labute approximate surface area is 104 Å². The van der Waals surface area contributed by atoms with Gasteiger partial charge in [-0.1, -0.05) is 29.5 Å². The molecular weight excluding hydrogens is 236 g/mol. The third kappa shape index (κ3) is 3.04. The van der Waals surface area contributed by atoms with E-state index >= 15 is 0 Å². The molecule has 0 saturated heterocycles. The first kappa shape index (κ1) is 12.1. The van der Waals surface area contributed by atoms with Crippen LogP contribution in [0.1, 0.15) is 12.0 Å². The zero-order valence-electron chi connectivity index (χ0n) is 9.58. The predicted molar refractivity (Wildman–Crippen MR) is 66.3 cm³/mol. The molecule has 17 heavy (non-hydrogen) atoms. The standard InChI is InChI=1S/C11H14N4OS/c1-9-3-5-10(6-4-9)15-11(12-13-14-15)17-8-2-7-16/h3-6,16H,2,7-8H2,1H3. The van der Waals surface area contributed by atoms with Crippen LogP contribution in [0.2, 0.25) is 0 Å². The summed E-state index contributed by atoms with van der Waals surface area (Å²) in [5, 5.41) is 21.1. The van der Waals surface area contributed by atoms with Gasteiger partial charge in [0, 0.05) is 12.4 Å². The number of aromatic nitrogens is 4. The topological polar surface area (TPSA) is 63.8 Å². The van der Waals surface area contributed by atoms with Crippen LogP contribution < -0.4 is 0 Å². The fourth-order valence-electron chi connectivity index (χ4n) is 1.34. The van der Waals surface area contributed by atoms with Gasteiger partial charge in [-0.3, -0.25) is 0 Å². The van der Waals surface area contributed by atoms with Crippen LogP contribution in [0.5, 0.6) is 0 Å². The number of rotatable bonds is 5. The lowest BCUT2D eigenvalue weighted by Gasteiger charge is -2.03. The first-order valence-corrected chi connectivity index (χ1v) is 6.39. The number of aliphatic hydroxyl groups excluding tert-OH is 1. The van der Waals surface area contributed by atoms with Gasteiger partial charge in [0.1, 0.15) is 0 Å². The Kier molecular flexibility index (Phi) is 4.11. The van der Waals surface area contributed by atoms with Crippen LogP contribution in [0.4, 0.5) is 0 Å². The Balaban J connectivity index is 2.15. The van der Waals surface area contributed by atoms with Gasteiger partial charge < -0.3 is 5.11 Å². The van der Waals surface area contributed by atoms with E-state index < -0.39 is 0 Å². The van der Waals surface area contributed by atoms with Crippen LogP contribution in [0, 0.1) is 6.92 Å². The zero-order chi connectivity index (χ0) is 12.1. The van der Waals surface area contributed by atoms with Crippen LogP contribution in [0.3, 0.4) is 0 Å². The molecule has 0 unspecified atom stereocenters. The lowest BCUT2D eigenvalue weighted by molar-refractivity contribution is 0.296. The Morgan fingerprint density at radius 3 is 2.76 bits per heavy atom. The summed E-state index contributed by atoms with van der Waals surface area (Å²) in [5.41, 5.74) is 2.16. The summed E-state index contributed by atoms with van der Waals surface area (Å²) in [4.78, 5) is 0. The van der Waals surface area contributed by atoms with Crippen molar-refractivity contribution in [1.29, 1.82) is 0 Å². The quantitative estimate of drug-likeness (QED) is 0.642. The maximum Gasteiger partial charge on any atom is 0.214 e. The Hall–Kier alpha value is -1.40. The molecule has 2 rings (SSSR count). The maximum absolute atomic E-state index is 8.74. The minimum Gasteiger partial charge on any atom is -0.396 e. The van der Waals surface area contributed by atoms with E-state index in [1.165, 1.54) is 5.56 Å². The molecule has 2 aromatic rings. The van der Waals surface area contributed by atoms with Crippen LogP contribution >= 0.6 is 11.8 Å². The van der Waals surface area contributed by atoms with E-state index in [9.17, 15) is 0 Å². The molecule has 0 bridgehead atoms. The summed E-state index contributed by atoms with van der Waals surface area (Å²) in [5.74, 6) is 0.808. The lowest BCUT2D eigenvalue weighted by atomic mass is 10.2. The van der Waals surface area contributed by atoms with Gasteiger partial charge in [-0.15, -0.1) is 5.10 Å². The molecule has 0 amide bonds. The van der Waals surface area contributed by atoms with Gasteiger partial charge in [0.25, 0.3) is 0 Å². The highest BCUT2D eigenvalue weighted by Crippen LogP contribution is 2.18. The number of hydrogen-bond acceptors (Lipinski definition) is 5. The minimum absolute atomic E-state index is 0.194. The summed E-state index contributed by atoms with van der Waals surface area (Å²) in [7, 11) is 0. The van der Waals surface area contributed by atoms with Crippen molar-refractivity contribution in [3.05, 3.63) is 29.8 Å². The fourth-order valence-corrected chi connectivity index (χ4v) is 2.16. The zero-order valence-corrected chi connectivity index (χ0v) is 10.4. The molecule has 0 spiro atoms. The van der Waals surface area contributed by atoms with Gasteiger partial charge in [0.15, 0.2) is 0 Å². The fraction of sp³-hybridized carbons (Fsp3) is 0.364. The molecule has 1 N–H and O–H groups in total. The minimum atomic E-state index is 0.194. The van der Waals surface area contributed by atoms with E-state index in [0.717, 1.165) is 23.0 Å². The van der Waals surface area contributed by atoms with Gasteiger partial charge in [-0.2, -0.15) is 4.68 Å². The van der Waals surface area contributed by atoms with Gasteiger partial charge in [0.2, 0.25) is 5.16 Å². The number of nitrogens with zero attached hydrogens (tertiary/aromatic N) is 4. The molecule has 0 fully saturated rings. The third-order valence-electron chi connectivity index (χ3n) is 2.25.